The summed E-state index contributed by atoms with van der Waals surface area (Å²) in [7, 11) is 0. The number of benzene rings is 2. The zero-order valence-corrected chi connectivity index (χ0v) is 15.0. The summed E-state index contributed by atoms with van der Waals surface area (Å²) in [5, 5.41) is 9.40. The Morgan fingerprint density at radius 1 is 1.04 bits per heavy atom. The molecule has 0 fully saturated rings. The number of pyridine rings is 1. The second-order valence-electron chi connectivity index (χ2n) is 6.50. The fourth-order valence-electron chi connectivity index (χ4n) is 2.84. The fraction of sp³-hybridized carbons (Fsp3) is 0.182. The van der Waals surface area contributed by atoms with Crippen molar-refractivity contribution in [2.45, 2.75) is 26.7 Å². The van der Waals surface area contributed by atoms with Gasteiger partial charge in [-0.2, -0.15) is 5.26 Å². The van der Waals surface area contributed by atoms with Gasteiger partial charge in [-0.15, -0.1) is 0 Å². The minimum Gasteiger partial charge on any atom is -0.457 e. The molecule has 1 aromatic heterocycles. The molecule has 0 aliphatic heterocycles. The van der Waals surface area contributed by atoms with Gasteiger partial charge in [0.15, 0.2) is 0 Å². The molecule has 3 rings (SSSR count). The number of aryl methyl sites for hydroxylation is 1. The van der Waals surface area contributed by atoms with Gasteiger partial charge in [0.05, 0.1) is 0 Å². The maximum absolute atomic E-state index is 12.1. The van der Waals surface area contributed by atoms with E-state index in [9.17, 15) is 10.1 Å². The third kappa shape index (κ3) is 3.52. The summed E-state index contributed by atoms with van der Waals surface area (Å²) >= 11 is 0. The first kappa shape index (κ1) is 17.5. The van der Waals surface area contributed by atoms with Crippen LogP contribution < -0.4 is 10.3 Å². The summed E-state index contributed by atoms with van der Waals surface area (Å²) in [6.45, 7) is 6.08. The van der Waals surface area contributed by atoms with Crippen LogP contribution in [0.1, 0.15) is 36.6 Å². The number of H-pyrrole nitrogens is 1. The Bertz CT molecular complexity index is 1030. The van der Waals surface area contributed by atoms with E-state index >= 15 is 0 Å². The SMILES string of the molecule is Cc1cc(-c2ccccc2Oc2ccc(C(C)C)cc2)c(C#N)c(=O)[nH]1. The first-order valence-corrected chi connectivity index (χ1v) is 8.51. The van der Waals surface area contributed by atoms with Gasteiger partial charge in [-0.25, -0.2) is 0 Å². The van der Waals surface area contributed by atoms with Crippen molar-refractivity contribution in [3.63, 3.8) is 0 Å². The summed E-state index contributed by atoms with van der Waals surface area (Å²) in [5.74, 6) is 1.77. The molecule has 4 heteroatoms. The highest BCUT2D eigenvalue weighted by Crippen LogP contribution is 2.34. The van der Waals surface area contributed by atoms with Gasteiger partial charge in [0.1, 0.15) is 23.1 Å². The maximum atomic E-state index is 12.1. The van der Waals surface area contributed by atoms with E-state index in [0.29, 0.717) is 34.2 Å². The summed E-state index contributed by atoms with van der Waals surface area (Å²) in [6, 6.07) is 19.2. The Labute approximate surface area is 152 Å². The van der Waals surface area contributed by atoms with Crippen LogP contribution in [0, 0.1) is 18.3 Å². The van der Waals surface area contributed by atoms with Crippen LogP contribution in [-0.4, -0.2) is 4.98 Å². The molecule has 3 aromatic rings. The van der Waals surface area contributed by atoms with E-state index in [2.05, 4.69) is 18.8 Å². The Balaban J connectivity index is 2.05. The number of rotatable bonds is 4. The van der Waals surface area contributed by atoms with E-state index in [1.54, 1.807) is 13.0 Å². The van der Waals surface area contributed by atoms with Crippen molar-refractivity contribution in [2.75, 3.05) is 0 Å². The average molecular weight is 344 g/mol. The number of hydrogen-bond acceptors (Lipinski definition) is 3. The van der Waals surface area contributed by atoms with Crippen molar-refractivity contribution in [3.8, 4) is 28.7 Å². The van der Waals surface area contributed by atoms with Gasteiger partial charge in [-0.1, -0.05) is 44.2 Å². The van der Waals surface area contributed by atoms with Gasteiger partial charge in [0, 0.05) is 16.8 Å². The molecule has 0 atom stereocenters. The van der Waals surface area contributed by atoms with Crippen LogP contribution in [0.3, 0.4) is 0 Å². The number of aromatic amines is 1. The summed E-state index contributed by atoms with van der Waals surface area (Å²) in [6.07, 6.45) is 0. The van der Waals surface area contributed by atoms with Crippen molar-refractivity contribution < 1.29 is 4.74 Å². The molecule has 0 bridgehead atoms. The third-order valence-corrected chi connectivity index (χ3v) is 4.23. The highest BCUT2D eigenvalue weighted by atomic mass is 16.5. The van der Waals surface area contributed by atoms with Crippen molar-refractivity contribution in [1.82, 2.24) is 4.98 Å². The predicted octanol–water partition coefficient (Wildman–Crippen LogP) is 5.14. The second-order valence-corrected chi connectivity index (χ2v) is 6.50. The molecule has 0 radical (unpaired) electrons. The molecule has 0 aliphatic rings. The lowest BCUT2D eigenvalue weighted by molar-refractivity contribution is 0.484. The Hall–Kier alpha value is -3.32. The molecule has 1 heterocycles. The highest BCUT2D eigenvalue weighted by molar-refractivity contribution is 5.75. The number of ether oxygens (including phenoxy) is 1. The topological polar surface area (TPSA) is 65.9 Å². The number of para-hydroxylation sites is 1. The van der Waals surface area contributed by atoms with Crippen LogP contribution in [0.4, 0.5) is 0 Å². The first-order valence-electron chi connectivity index (χ1n) is 8.51. The van der Waals surface area contributed by atoms with Gasteiger partial charge < -0.3 is 9.72 Å². The number of hydrogen-bond donors (Lipinski definition) is 1. The molecule has 0 amide bonds. The Morgan fingerprint density at radius 3 is 2.38 bits per heavy atom. The summed E-state index contributed by atoms with van der Waals surface area (Å²) < 4.78 is 6.06. The van der Waals surface area contributed by atoms with Crippen molar-refractivity contribution >= 4 is 0 Å². The Kier molecular flexibility index (Phi) is 4.90. The maximum Gasteiger partial charge on any atom is 0.266 e. The fourth-order valence-corrected chi connectivity index (χ4v) is 2.84. The standard InChI is InChI=1S/C22H20N2O2/c1-14(2)16-8-10-17(11-9-16)26-21-7-5-4-6-18(21)19-12-15(3)24-22(25)20(19)13-23/h4-12,14H,1-3H3,(H,24,25). The van der Waals surface area contributed by atoms with Crippen LogP contribution in [0.25, 0.3) is 11.1 Å². The largest absolute Gasteiger partial charge is 0.457 e. The van der Waals surface area contributed by atoms with Crippen LogP contribution in [-0.2, 0) is 0 Å². The van der Waals surface area contributed by atoms with Crippen molar-refractivity contribution in [2.24, 2.45) is 0 Å². The molecule has 0 saturated carbocycles. The quantitative estimate of drug-likeness (QED) is 0.713. The lowest BCUT2D eigenvalue weighted by atomic mass is 10.00. The molecule has 0 spiro atoms. The van der Waals surface area contributed by atoms with Crippen molar-refractivity contribution in [3.05, 3.63) is 81.8 Å². The molecule has 4 nitrogen and oxygen atoms in total. The zero-order chi connectivity index (χ0) is 18.7. The minimum atomic E-state index is -0.390. The molecule has 1 N–H and O–H groups in total. The van der Waals surface area contributed by atoms with E-state index in [1.807, 2.05) is 54.6 Å². The molecule has 0 saturated heterocycles. The number of nitriles is 1. The van der Waals surface area contributed by atoms with Gasteiger partial charge in [0.2, 0.25) is 0 Å². The van der Waals surface area contributed by atoms with Crippen LogP contribution in [0.5, 0.6) is 11.5 Å². The van der Waals surface area contributed by atoms with E-state index in [1.165, 1.54) is 5.56 Å². The molecule has 2 aromatic carbocycles. The average Bonchev–Trinajstić information content (AvgIpc) is 2.62. The molecular formula is C22H20N2O2. The number of aromatic nitrogens is 1. The van der Waals surface area contributed by atoms with Gasteiger partial charge >= 0.3 is 0 Å². The van der Waals surface area contributed by atoms with Crippen molar-refractivity contribution in [1.29, 1.82) is 5.26 Å². The molecule has 0 unspecified atom stereocenters. The summed E-state index contributed by atoms with van der Waals surface area (Å²) in [4.78, 5) is 14.8. The lowest BCUT2D eigenvalue weighted by Gasteiger charge is -2.13. The number of nitrogens with one attached hydrogen (secondary N) is 1. The predicted molar refractivity (Wildman–Crippen MR) is 103 cm³/mol. The van der Waals surface area contributed by atoms with Crippen LogP contribution in [0.2, 0.25) is 0 Å². The van der Waals surface area contributed by atoms with E-state index < -0.39 is 5.56 Å². The molecule has 0 aliphatic carbocycles. The van der Waals surface area contributed by atoms with E-state index in [-0.39, 0.29) is 5.56 Å². The van der Waals surface area contributed by atoms with E-state index in [0.717, 1.165) is 0 Å². The monoisotopic (exact) mass is 344 g/mol. The minimum absolute atomic E-state index is 0.0850. The Morgan fingerprint density at radius 2 is 1.73 bits per heavy atom. The first-order chi connectivity index (χ1) is 12.5. The zero-order valence-electron chi connectivity index (χ0n) is 15.0. The normalized spacial score (nSPS) is 10.6. The summed E-state index contributed by atoms with van der Waals surface area (Å²) in [5.41, 5.74) is 2.91. The number of nitrogens with zero attached hydrogens (tertiary/aromatic N) is 1. The highest BCUT2D eigenvalue weighted by Gasteiger charge is 2.14. The molecule has 26 heavy (non-hydrogen) atoms. The van der Waals surface area contributed by atoms with Gasteiger partial charge in [-0.05, 0) is 42.7 Å². The van der Waals surface area contributed by atoms with E-state index in [4.69, 9.17) is 4.74 Å². The molecule has 130 valence electrons. The smallest absolute Gasteiger partial charge is 0.266 e. The van der Waals surface area contributed by atoms with Crippen LogP contribution in [0.15, 0.2) is 59.4 Å². The van der Waals surface area contributed by atoms with Gasteiger partial charge in [-0.3, -0.25) is 4.79 Å². The lowest BCUT2D eigenvalue weighted by Crippen LogP contribution is -2.12. The second kappa shape index (κ2) is 7.28. The van der Waals surface area contributed by atoms with Gasteiger partial charge in [0.25, 0.3) is 5.56 Å². The molecular weight excluding hydrogens is 324 g/mol. The third-order valence-electron chi connectivity index (χ3n) is 4.23. The van der Waals surface area contributed by atoms with Crippen LogP contribution >= 0.6 is 0 Å².